The lowest BCUT2D eigenvalue weighted by molar-refractivity contribution is -0.139. The second-order valence-corrected chi connectivity index (χ2v) is 5.94. The molecular formula is C12H16FNO4S. The van der Waals surface area contributed by atoms with E-state index < -0.39 is 27.9 Å². The molecule has 0 unspecified atom stereocenters. The molecule has 0 saturated heterocycles. The summed E-state index contributed by atoms with van der Waals surface area (Å²) in [7, 11) is -3.77. The minimum absolute atomic E-state index is 0.220. The zero-order chi connectivity index (χ0) is 14.5. The summed E-state index contributed by atoms with van der Waals surface area (Å²) in [6.07, 6.45) is 0.772. The summed E-state index contributed by atoms with van der Waals surface area (Å²) in [4.78, 5) is 10.9. The second-order valence-electron chi connectivity index (χ2n) is 4.18. The molecule has 106 valence electrons. The predicted molar refractivity (Wildman–Crippen MR) is 68.5 cm³/mol. The van der Waals surface area contributed by atoms with E-state index in [1.165, 1.54) is 12.1 Å². The van der Waals surface area contributed by atoms with Crippen molar-refractivity contribution in [3.05, 3.63) is 35.6 Å². The van der Waals surface area contributed by atoms with Crippen molar-refractivity contribution in [2.45, 2.75) is 31.6 Å². The highest BCUT2D eigenvalue weighted by Crippen LogP contribution is 2.08. The quantitative estimate of drug-likeness (QED) is 0.796. The maximum atomic E-state index is 12.7. The Morgan fingerprint density at radius 3 is 2.42 bits per heavy atom. The third-order valence-corrected chi connectivity index (χ3v) is 3.82. The maximum Gasteiger partial charge on any atom is 0.321 e. The van der Waals surface area contributed by atoms with Gasteiger partial charge in [0.2, 0.25) is 10.0 Å². The van der Waals surface area contributed by atoms with Gasteiger partial charge in [-0.05, 0) is 24.1 Å². The molecule has 0 spiro atoms. The molecule has 0 amide bonds. The highest BCUT2D eigenvalue weighted by Gasteiger charge is 2.23. The van der Waals surface area contributed by atoms with Gasteiger partial charge < -0.3 is 5.11 Å². The van der Waals surface area contributed by atoms with Gasteiger partial charge in [-0.2, -0.15) is 0 Å². The summed E-state index contributed by atoms with van der Waals surface area (Å²) in [6.45, 7) is 1.77. The number of nitrogens with one attached hydrogen (secondary N) is 1. The summed E-state index contributed by atoms with van der Waals surface area (Å²) >= 11 is 0. The van der Waals surface area contributed by atoms with Crippen LogP contribution in [0.5, 0.6) is 0 Å². The van der Waals surface area contributed by atoms with Crippen LogP contribution in [0.15, 0.2) is 24.3 Å². The summed E-state index contributed by atoms with van der Waals surface area (Å²) in [5.74, 6) is -2.03. The van der Waals surface area contributed by atoms with Crippen molar-refractivity contribution in [3.8, 4) is 0 Å². The Hall–Kier alpha value is -1.47. The molecule has 19 heavy (non-hydrogen) atoms. The summed E-state index contributed by atoms with van der Waals surface area (Å²) < 4.78 is 38.4. The highest BCUT2D eigenvalue weighted by molar-refractivity contribution is 7.88. The van der Waals surface area contributed by atoms with Crippen molar-refractivity contribution in [2.24, 2.45) is 0 Å². The first-order valence-electron chi connectivity index (χ1n) is 5.81. The minimum atomic E-state index is -3.77. The Morgan fingerprint density at radius 2 is 1.95 bits per heavy atom. The molecular weight excluding hydrogens is 273 g/mol. The molecule has 0 aromatic heterocycles. The normalized spacial score (nSPS) is 13.2. The lowest BCUT2D eigenvalue weighted by Gasteiger charge is -2.13. The molecule has 1 aromatic carbocycles. The predicted octanol–water partition coefficient (Wildman–Crippen LogP) is 1.50. The van der Waals surface area contributed by atoms with E-state index in [9.17, 15) is 17.6 Å². The van der Waals surface area contributed by atoms with Crippen LogP contribution in [0.4, 0.5) is 4.39 Å². The molecule has 0 bridgehead atoms. The molecule has 1 rings (SSSR count). The number of sulfonamides is 1. The Balaban J connectivity index is 2.75. The van der Waals surface area contributed by atoms with E-state index in [1.54, 1.807) is 6.92 Å². The van der Waals surface area contributed by atoms with E-state index in [-0.39, 0.29) is 12.2 Å². The number of carbonyl (C=O) groups is 1. The molecule has 7 heteroatoms. The smallest absolute Gasteiger partial charge is 0.321 e. The topological polar surface area (TPSA) is 83.5 Å². The highest BCUT2D eigenvalue weighted by atomic mass is 32.2. The van der Waals surface area contributed by atoms with Gasteiger partial charge in [-0.1, -0.05) is 25.5 Å². The fraction of sp³-hybridized carbons (Fsp3) is 0.417. The largest absolute Gasteiger partial charge is 0.480 e. The van der Waals surface area contributed by atoms with Gasteiger partial charge in [0.1, 0.15) is 11.9 Å². The van der Waals surface area contributed by atoms with E-state index >= 15 is 0 Å². The fourth-order valence-corrected chi connectivity index (χ4v) is 2.95. The van der Waals surface area contributed by atoms with Crippen molar-refractivity contribution in [1.29, 1.82) is 0 Å². The Bertz CT molecular complexity index is 527. The van der Waals surface area contributed by atoms with Crippen molar-refractivity contribution >= 4 is 16.0 Å². The van der Waals surface area contributed by atoms with Crippen LogP contribution in [0, 0.1) is 5.82 Å². The number of rotatable bonds is 7. The van der Waals surface area contributed by atoms with Crippen molar-refractivity contribution in [1.82, 2.24) is 4.72 Å². The van der Waals surface area contributed by atoms with Crippen molar-refractivity contribution < 1.29 is 22.7 Å². The molecule has 0 aliphatic carbocycles. The standard InChI is InChI=1S/C12H16FNO4S/c1-2-3-11(12(15)16)14-19(17,18)8-9-4-6-10(13)7-5-9/h4-7,11,14H,2-3,8H2,1H3,(H,15,16)/t11-/m1/s1. The molecule has 0 fully saturated rings. The third-order valence-electron chi connectivity index (χ3n) is 2.47. The Morgan fingerprint density at radius 1 is 1.37 bits per heavy atom. The first-order chi connectivity index (χ1) is 8.84. The van der Waals surface area contributed by atoms with Gasteiger partial charge in [-0.3, -0.25) is 4.79 Å². The van der Waals surface area contributed by atoms with Gasteiger partial charge in [0.25, 0.3) is 0 Å². The van der Waals surface area contributed by atoms with E-state index in [0.29, 0.717) is 12.0 Å². The Kier molecular flexibility index (Phi) is 5.44. The van der Waals surface area contributed by atoms with Gasteiger partial charge in [0.15, 0.2) is 0 Å². The SMILES string of the molecule is CCC[C@@H](NS(=O)(=O)Cc1ccc(F)cc1)C(=O)O. The number of benzene rings is 1. The lowest BCUT2D eigenvalue weighted by Crippen LogP contribution is -2.41. The van der Waals surface area contributed by atoms with Crippen LogP contribution in [0.25, 0.3) is 0 Å². The third kappa shape index (κ3) is 5.35. The molecule has 0 heterocycles. The number of hydrogen-bond acceptors (Lipinski definition) is 3. The second kappa shape index (κ2) is 6.63. The number of carboxylic acid groups (broad SMARTS) is 1. The zero-order valence-electron chi connectivity index (χ0n) is 10.5. The summed E-state index contributed by atoms with van der Waals surface area (Å²) in [5, 5.41) is 8.89. The van der Waals surface area contributed by atoms with E-state index in [0.717, 1.165) is 12.1 Å². The fourth-order valence-electron chi connectivity index (χ4n) is 1.58. The molecule has 1 atom stereocenters. The monoisotopic (exact) mass is 289 g/mol. The van der Waals surface area contributed by atoms with Crippen LogP contribution in [-0.4, -0.2) is 25.5 Å². The minimum Gasteiger partial charge on any atom is -0.480 e. The molecule has 0 saturated carbocycles. The summed E-state index contributed by atoms with van der Waals surface area (Å²) in [5.41, 5.74) is 0.398. The van der Waals surface area contributed by atoms with E-state index in [1.807, 2.05) is 0 Å². The van der Waals surface area contributed by atoms with Crippen molar-refractivity contribution in [2.75, 3.05) is 0 Å². The van der Waals surface area contributed by atoms with Crippen LogP contribution >= 0.6 is 0 Å². The van der Waals surface area contributed by atoms with Crippen LogP contribution in [0.2, 0.25) is 0 Å². The maximum absolute atomic E-state index is 12.7. The van der Waals surface area contributed by atoms with Gasteiger partial charge in [-0.15, -0.1) is 0 Å². The van der Waals surface area contributed by atoms with Gasteiger partial charge in [-0.25, -0.2) is 17.5 Å². The van der Waals surface area contributed by atoms with Crippen LogP contribution in [0.1, 0.15) is 25.3 Å². The zero-order valence-corrected chi connectivity index (χ0v) is 11.3. The number of halogens is 1. The number of hydrogen-bond donors (Lipinski definition) is 2. The van der Waals surface area contributed by atoms with Crippen LogP contribution in [-0.2, 0) is 20.6 Å². The molecule has 2 N–H and O–H groups in total. The summed E-state index contributed by atoms with van der Waals surface area (Å²) in [6, 6.07) is 3.89. The molecule has 0 radical (unpaired) electrons. The van der Waals surface area contributed by atoms with E-state index in [2.05, 4.69) is 4.72 Å². The van der Waals surface area contributed by atoms with E-state index in [4.69, 9.17) is 5.11 Å². The Labute approximate surface area is 111 Å². The first-order valence-corrected chi connectivity index (χ1v) is 7.46. The number of carboxylic acids is 1. The average Bonchev–Trinajstić information content (AvgIpc) is 2.31. The van der Waals surface area contributed by atoms with Gasteiger partial charge in [0, 0.05) is 0 Å². The number of aliphatic carboxylic acids is 1. The molecule has 0 aliphatic heterocycles. The van der Waals surface area contributed by atoms with Crippen LogP contribution in [0.3, 0.4) is 0 Å². The van der Waals surface area contributed by atoms with Crippen molar-refractivity contribution in [3.63, 3.8) is 0 Å². The van der Waals surface area contributed by atoms with Crippen LogP contribution < -0.4 is 4.72 Å². The van der Waals surface area contributed by atoms with Gasteiger partial charge in [0.05, 0.1) is 5.75 Å². The molecule has 1 aromatic rings. The average molecular weight is 289 g/mol. The lowest BCUT2D eigenvalue weighted by atomic mass is 10.2. The molecule has 0 aliphatic rings. The molecule has 5 nitrogen and oxygen atoms in total. The first kappa shape index (κ1) is 15.6. The van der Waals surface area contributed by atoms with Gasteiger partial charge >= 0.3 is 5.97 Å².